The third kappa shape index (κ3) is 2.14. The molecule has 5 nitrogen and oxygen atoms in total. The van der Waals surface area contributed by atoms with Crippen LogP contribution in [0.4, 0.5) is 0 Å². The van der Waals surface area contributed by atoms with Crippen molar-refractivity contribution in [3.8, 4) is 0 Å². The Hall–Kier alpha value is -1.62. The first-order chi connectivity index (χ1) is 7.70. The van der Waals surface area contributed by atoms with Gasteiger partial charge >= 0.3 is 0 Å². The lowest BCUT2D eigenvalue weighted by atomic mass is 10.2. The van der Waals surface area contributed by atoms with Crippen LogP contribution < -0.4 is 0 Å². The van der Waals surface area contributed by atoms with E-state index >= 15 is 0 Å². The van der Waals surface area contributed by atoms with Gasteiger partial charge in [-0.25, -0.2) is 4.98 Å². The highest BCUT2D eigenvalue weighted by Crippen LogP contribution is 2.15. The molecule has 2 N–H and O–H groups in total. The van der Waals surface area contributed by atoms with Gasteiger partial charge < -0.3 is 10.1 Å². The normalized spacial score (nSPS) is 12.9. The number of imidazole rings is 1. The molecule has 0 saturated heterocycles. The maximum atomic E-state index is 9.96. The van der Waals surface area contributed by atoms with Crippen molar-refractivity contribution in [2.75, 3.05) is 0 Å². The van der Waals surface area contributed by atoms with Crippen LogP contribution in [0.5, 0.6) is 0 Å². The second kappa shape index (κ2) is 4.49. The van der Waals surface area contributed by atoms with E-state index in [4.69, 9.17) is 0 Å². The lowest BCUT2D eigenvalue weighted by Gasteiger charge is -2.08. The largest absolute Gasteiger partial charge is 0.385 e. The predicted molar refractivity (Wildman–Crippen MR) is 59.9 cm³/mol. The zero-order chi connectivity index (χ0) is 11.5. The van der Waals surface area contributed by atoms with E-state index in [1.807, 2.05) is 24.6 Å². The zero-order valence-electron chi connectivity index (χ0n) is 9.51. The van der Waals surface area contributed by atoms with Crippen LogP contribution in [0.25, 0.3) is 0 Å². The van der Waals surface area contributed by atoms with Crippen LogP contribution in [0.2, 0.25) is 0 Å². The molecule has 1 unspecified atom stereocenters. The molecule has 0 aliphatic heterocycles. The first-order valence-electron chi connectivity index (χ1n) is 5.41. The Morgan fingerprint density at radius 2 is 2.38 bits per heavy atom. The van der Waals surface area contributed by atoms with E-state index in [0.29, 0.717) is 12.2 Å². The maximum absolute atomic E-state index is 9.96. The van der Waals surface area contributed by atoms with Crippen molar-refractivity contribution in [2.45, 2.75) is 32.9 Å². The molecule has 2 aromatic heterocycles. The number of aromatic nitrogens is 4. The number of aliphatic hydroxyl groups is 1. The topological polar surface area (TPSA) is 66.7 Å². The van der Waals surface area contributed by atoms with Gasteiger partial charge in [0, 0.05) is 31.1 Å². The van der Waals surface area contributed by atoms with Gasteiger partial charge in [0.05, 0.1) is 5.69 Å². The Labute approximate surface area is 94.1 Å². The summed E-state index contributed by atoms with van der Waals surface area (Å²) in [6, 6.07) is 2.00. The molecular weight excluding hydrogens is 204 g/mol. The van der Waals surface area contributed by atoms with Crippen molar-refractivity contribution in [3.05, 3.63) is 35.7 Å². The van der Waals surface area contributed by atoms with Crippen molar-refractivity contribution in [3.63, 3.8) is 0 Å². The molecular formula is C11H16N4O. The Morgan fingerprint density at radius 1 is 1.56 bits per heavy atom. The van der Waals surface area contributed by atoms with E-state index in [-0.39, 0.29) is 0 Å². The van der Waals surface area contributed by atoms with Gasteiger partial charge in [-0.05, 0) is 19.9 Å². The van der Waals surface area contributed by atoms with Crippen molar-refractivity contribution in [1.82, 2.24) is 19.7 Å². The second-order valence-corrected chi connectivity index (χ2v) is 3.79. The molecule has 86 valence electrons. The van der Waals surface area contributed by atoms with E-state index in [1.54, 1.807) is 12.4 Å². The Morgan fingerprint density at radius 3 is 3.00 bits per heavy atom. The predicted octanol–water partition coefficient (Wildman–Crippen LogP) is 1.21. The molecule has 0 amide bonds. The molecule has 2 aromatic rings. The maximum Gasteiger partial charge on any atom is 0.135 e. The molecule has 1 atom stereocenters. The molecule has 0 saturated carbocycles. The summed E-state index contributed by atoms with van der Waals surface area (Å²) in [7, 11) is 0. The van der Waals surface area contributed by atoms with E-state index in [2.05, 4.69) is 15.1 Å². The van der Waals surface area contributed by atoms with Gasteiger partial charge in [0.1, 0.15) is 11.9 Å². The van der Waals surface area contributed by atoms with E-state index < -0.39 is 6.10 Å². The summed E-state index contributed by atoms with van der Waals surface area (Å²) < 4.78 is 1.90. The number of nitrogens with one attached hydrogen (secondary N) is 1. The van der Waals surface area contributed by atoms with Crippen molar-refractivity contribution >= 4 is 0 Å². The molecule has 16 heavy (non-hydrogen) atoms. The SMILES string of the molecule is CCn1nc(C)cc1CC(O)c1ncc[nH]1. The molecule has 0 aromatic carbocycles. The Bertz CT molecular complexity index is 447. The number of rotatable bonds is 4. The minimum atomic E-state index is -0.601. The molecule has 0 bridgehead atoms. The highest BCUT2D eigenvalue weighted by atomic mass is 16.3. The lowest BCUT2D eigenvalue weighted by molar-refractivity contribution is 0.166. The minimum Gasteiger partial charge on any atom is -0.385 e. The number of aliphatic hydroxyl groups excluding tert-OH is 1. The Balaban J connectivity index is 2.14. The third-order valence-corrected chi connectivity index (χ3v) is 2.52. The fraction of sp³-hybridized carbons (Fsp3) is 0.455. The summed E-state index contributed by atoms with van der Waals surface area (Å²) in [5.41, 5.74) is 2.01. The number of H-pyrrole nitrogens is 1. The quantitative estimate of drug-likeness (QED) is 0.814. The first-order valence-corrected chi connectivity index (χ1v) is 5.41. The number of aryl methyl sites for hydroxylation is 2. The monoisotopic (exact) mass is 220 g/mol. The van der Waals surface area contributed by atoms with Crippen LogP contribution in [0.3, 0.4) is 0 Å². The standard InChI is InChI=1S/C11H16N4O/c1-3-15-9(6-8(2)14-15)7-10(16)11-12-4-5-13-11/h4-6,10,16H,3,7H2,1-2H3,(H,12,13). The van der Waals surface area contributed by atoms with Crippen LogP contribution in [0.15, 0.2) is 18.5 Å². The number of hydrogen-bond donors (Lipinski definition) is 2. The van der Waals surface area contributed by atoms with E-state index in [1.165, 1.54) is 0 Å². The molecule has 0 aliphatic carbocycles. The zero-order valence-corrected chi connectivity index (χ0v) is 9.51. The second-order valence-electron chi connectivity index (χ2n) is 3.79. The van der Waals surface area contributed by atoms with Crippen LogP contribution >= 0.6 is 0 Å². The first kappa shape index (κ1) is 10.9. The van der Waals surface area contributed by atoms with Gasteiger partial charge in [-0.3, -0.25) is 4.68 Å². The average molecular weight is 220 g/mol. The summed E-state index contributed by atoms with van der Waals surface area (Å²) in [6.45, 7) is 4.80. The highest BCUT2D eigenvalue weighted by molar-refractivity contribution is 5.11. The van der Waals surface area contributed by atoms with E-state index in [9.17, 15) is 5.11 Å². The smallest absolute Gasteiger partial charge is 0.135 e. The van der Waals surface area contributed by atoms with Gasteiger partial charge in [0.15, 0.2) is 0 Å². The molecule has 2 heterocycles. The molecule has 2 rings (SSSR count). The summed E-state index contributed by atoms with van der Waals surface area (Å²) in [5, 5.41) is 14.3. The Kier molecular flexibility index (Phi) is 3.05. The van der Waals surface area contributed by atoms with Gasteiger partial charge in [0.25, 0.3) is 0 Å². The third-order valence-electron chi connectivity index (χ3n) is 2.52. The van der Waals surface area contributed by atoms with Crippen molar-refractivity contribution in [2.24, 2.45) is 0 Å². The number of nitrogens with zero attached hydrogens (tertiary/aromatic N) is 3. The molecule has 0 aliphatic rings. The van der Waals surface area contributed by atoms with Crippen molar-refractivity contribution < 1.29 is 5.11 Å². The van der Waals surface area contributed by atoms with Crippen molar-refractivity contribution in [1.29, 1.82) is 0 Å². The van der Waals surface area contributed by atoms with Crippen LogP contribution in [-0.4, -0.2) is 24.9 Å². The summed E-state index contributed by atoms with van der Waals surface area (Å²) >= 11 is 0. The summed E-state index contributed by atoms with van der Waals surface area (Å²) in [5.74, 6) is 0.599. The average Bonchev–Trinajstić information content (AvgIpc) is 2.87. The van der Waals surface area contributed by atoms with E-state index in [0.717, 1.165) is 17.9 Å². The van der Waals surface area contributed by atoms with Crippen LogP contribution in [0.1, 0.15) is 30.2 Å². The minimum absolute atomic E-state index is 0.530. The fourth-order valence-electron chi connectivity index (χ4n) is 1.79. The summed E-state index contributed by atoms with van der Waals surface area (Å²) in [6.07, 6.45) is 3.28. The lowest BCUT2D eigenvalue weighted by Crippen LogP contribution is -2.09. The van der Waals surface area contributed by atoms with Gasteiger partial charge in [-0.15, -0.1) is 0 Å². The molecule has 0 radical (unpaired) electrons. The molecule has 0 spiro atoms. The fourth-order valence-corrected chi connectivity index (χ4v) is 1.79. The molecule has 0 fully saturated rings. The van der Waals surface area contributed by atoms with Crippen LogP contribution in [-0.2, 0) is 13.0 Å². The van der Waals surface area contributed by atoms with Gasteiger partial charge in [-0.2, -0.15) is 5.10 Å². The highest BCUT2D eigenvalue weighted by Gasteiger charge is 2.14. The summed E-state index contributed by atoms with van der Waals surface area (Å²) in [4.78, 5) is 6.95. The van der Waals surface area contributed by atoms with Gasteiger partial charge in [-0.1, -0.05) is 0 Å². The molecule has 5 heteroatoms. The number of hydrogen-bond acceptors (Lipinski definition) is 3. The van der Waals surface area contributed by atoms with Crippen LogP contribution in [0, 0.1) is 6.92 Å². The van der Waals surface area contributed by atoms with Gasteiger partial charge in [0.2, 0.25) is 0 Å². The number of aromatic amines is 1.